The lowest BCUT2D eigenvalue weighted by Gasteiger charge is -2.11. The number of sulfonamides is 1. The van der Waals surface area contributed by atoms with Crippen LogP contribution in [0.2, 0.25) is 0 Å². The van der Waals surface area contributed by atoms with Crippen molar-refractivity contribution in [1.82, 2.24) is 14.9 Å². The first-order valence-electron chi connectivity index (χ1n) is 6.93. The predicted octanol–water partition coefficient (Wildman–Crippen LogP) is 1.23. The van der Waals surface area contributed by atoms with Gasteiger partial charge in [0.2, 0.25) is 10.0 Å². The van der Waals surface area contributed by atoms with Crippen molar-refractivity contribution in [2.75, 3.05) is 27.2 Å². The molecule has 7 heteroatoms. The molecule has 1 aromatic heterocycles. The third-order valence-corrected chi connectivity index (χ3v) is 5.79. The Hall–Kier alpha value is -0.470. The average Bonchev–Trinajstić information content (AvgIpc) is 3.08. The van der Waals surface area contributed by atoms with Crippen molar-refractivity contribution in [2.45, 2.75) is 36.7 Å². The minimum atomic E-state index is -3.37. The van der Waals surface area contributed by atoms with Crippen LogP contribution in [0, 0.1) is 0 Å². The third kappa shape index (κ3) is 4.82. The van der Waals surface area contributed by atoms with Gasteiger partial charge in [-0.25, -0.2) is 13.1 Å². The lowest BCUT2D eigenvalue weighted by atomic mass is 10.4. The van der Waals surface area contributed by atoms with Gasteiger partial charge in [0.05, 0.1) is 4.90 Å². The average molecular weight is 317 g/mol. The largest absolute Gasteiger partial charge is 0.309 e. The van der Waals surface area contributed by atoms with Gasteiger partial charge in [-0.1, -0.05) is 0 Å². The molecule has 1 heterocycles. The molecule has 0 saturated heterocycles. The number of hydrogen-bond donors (Lipinski definition) is 2. The van der Waals surface area contributed by atoms with E-state index in [1.807, 2.05) is 24.4 Å². The summed E-state index contributed by atoms with van der Waals surface area (Å²) in [6.07, 6.45) is 3.22. The maximum atomic E-state index is 12.3. The molecule has 0 radical (unpaired) electrons. The molecule has 0 spiro atoms. The van der Waals surface area contributed by atoms with Crippen molar-refractivity contribution < 1.29 is 8.42 Å². The van der Waals surface area contributed by atoms with Gasteiger partial charge in [-0.05, 0) is 51.3 Å². The Morgan fingerprint density at radius 1 is 1.40 bits per heavy atom. The van der Waals surface area contributed by atoms with Gasteiger partial charge in [-0.3, -0.25) is 0 Å². The predicted molar refractivity (Wildman–Crippen MR) is 82.5 cm³/mol. The Bertz CT molecular complexity index is 521. The van der Waals surface area contributed by atoms with Crippen LogP contribution in [0.15, 0.2) is 16.3 Å². The van der Waals surface area contributed by atoms with Crippen LogP contribution in [0.4, 0.5) is 0 Å². The highest BCUT2D eigenvalue weighted by Gasteiger charge is 2.23. The maximum Gasteiger partial charge on any atom is 0.241 e. The molecule has 1 saturated carbocycles. The molecule has 0 atom stereocenters. The zero-order chi connectivity index (χ0) is 14.6. The molecule has 0 amide bonds. The van der Waals surface area contributed by atoms with Crippen molar-refractivity contribution in [1.29, 1.82) is 0 Å². The summed E-state index contributed by atoms with van der Waals surface area (Å²) in [5.74, 6) is 0. The van der Waals surface area contributed by atoms with Crippen LogP contribution in [-0.2, 0) is 16.6 Å². The standard InChI is InChI=1S/C13H23N3O2S2/c1-16(2)8-3-7-15-20(17,18)13-6-9-19-12(13)10-14-11-4-5-11/h6,9,11,14-15H,3-5,7-8,10H2,1-2H3. The van der Waals surface area contributed by atoms with Crippen LogP contribution in [0.3, 0.4) is 0 Å². The Labute approximate surface area is 125 Å². The monoisotopic (exact) mass is 317 g/mol. The highest BCUT2D eigenvalue weighted by molar-refractivity contribution is 7.89. The summed E-state index contributed by atoms with van der Waals surface area (Å²) < 4.78 is 27.2. The zero-order valence-corrected chi connectivity index (χ0v) is 13.7. The molecule has 1 aromatic rings. The molecule has 2 N–H and O–H groups in total. The molecule has 0 unspecified atom stereocenters. The van der Waals surface area contributed by atoms with E-state index in [9.17, 15) is 8.42 Å². The van der Waals surface area contributed by atoms with Crippen LogP contribution in [0.25, 0.3) is 0 Å². The van der Waals surface area contributed by atoms with E-state index in [4.69, 9.17) is 0 Å². The Balaban J connectivity index is 1.89. The molecule has 0 aromatic carbocycles. The van der Waals surface area contributed by atoms with E-state index >= 15 is 0 Å². The first-order chi connectivity index (χ1) is 9.49. The van der Waals surface area contributed by atoms with Gasteiger partial charge in [0.25, 0.3) is 0 Å². The van der Waals surface area contributed by atoms with Crippen LogP contribution >= 0.6 is 11.3 Å². The Morgan fingerprint density at radius 3 is 2.80 bits per heavy atom. The van der Waals surface area contributed by atoms with Crippen molar-refractivity contribution in [3.63, 3.8) is 0 Å². The van der Waals surface area contributed by atoms with E-state index in [-0.39, 0.29) is 0 Å². The van der Waals surface area contributed by atoms with Gasteiger partial charge >= 0.3 is 0 Å². The Kier molecular flexibility index (Phi) is 5.57. The van der Waals surface area contributed by atoms with Crippen LogP contribution in [0.5, 0.6) is 0 Å². The second-order valence-electron chi connectivity index (χ2n) is 5.42. The number of nitrogens with zero attached hydrogens (tertiary/aromatic N) is 1. The summed E-state index contributed by atoms with van der Waals surface area (Å²) in [6.45, 7) is 2.00. The minimum Gasteiger partial charge on any atom is -0.309 e. The van der Waals surface area contributed by atoms with Crippen molar-refractivity contribution in [2.24, 2.45) is 0 Å². The second-order valence-corrected chi connectivity index (χ2v) is 8.15. The second kappa shape index (κ2) is 7.00. The van der Waals surface area contributed by atoms with E-state index in [1.165, 1.54) is 24.2 Å². The van der Waals surface area contributed by atoms with E-state index in [0.717, 1.165) is 17.8 Å². The molecule has 114 valence electrons. The van der Waals surface area contributed by atoms with Gasteiger partial charge in [0.15, 0.2) is 0 Å². The van der Waals surface area contributed by atoms with Crippen LogP contribution in [-0.4, -0.2) is 46.5 Å². The smallest absolute Gasteiger partial charge is 0.241 e. The fourth-order valence-electron chi connectivity index (χ4n) is 1.90. The quantitative estimate of drug-likeness (QED) is 0.673. The van der Waals surface area contributed by atoms with Gasteiger partial charge in [0.1, 0.15) is 0 Å². The normalized spacial score (nSPS) is 15.9. The van der Waals surface area contributed by atoms with Crippen LogP contribution in [0.1, 0.15) is 24.1 Å². The van der Waals surface area contributed by atoms with E-state index in [1.54, 1.807) is 6.07 Å². The molecule has 1 aliphatic carbocycles. The summed E-state index contributed by atoms with van der Waals surface area (Å²) in [6, 6.07) is 2.28. The van der Waals surface area contributed by atoms with Crippen molar-refractivity contribution in [3.05, 3.63) is 16.3 Å². The zero-order valence-electron chi connectivity index (χ0n) is 12.1. The van der Waals surface area contributed by atoms with Gasteiger partial charge in [-0.15, -0.1) is 11.3 Å². The molecule has 0 aliphatic heterocycles. The lowest BCUT2D eigenvalue weighted by molar-refractivity contribution is 0.400. The third-order valence-electron chi connectivity index (χ3n) is 3.20. The van der Waals surface area contributed by atoms with Gasteiger partial charge in [0, 0.05) is 24.0 Å². The van der Waals surface area contributed by atoms with E-state index in [2.05, 4.69) is 10.0 Å². The molecule has 5 nitrogen and oxygen atoms in total. The Morgan fingerprint density at radius 2 is 2.15 bits per heavy atom. The number of rotatable bonds is 9. The van der Waals surface area contributed by atoms with Gasteiger partial charge in [-0.2, -0.15) is 0 Å². The highest BCUT2D eigenvalue weighted by atomic mass is 32.2. The summed E-state index contributed by atoms with van der Waals surface area (Å²) in [5, 5.41) is 5.21. The maximum absolute atomic E-state index is 12.3. The molecule has 1 aliphatic rings. The minimum absolute atomic E-state index is 0.431. The van der Waals surface area contributed by atoms with E-state index < -0.39 is 10.0 Å². The molecule has 0 bridgehead atoms. The molecular formula is C13H23N3O2S2. The van der Waals surface area contributed by atoms with Crippen molar-refractivity contribution in [3.8, 4) is 0 Å². The fraction of sp³-hybridized carbons (Fsp3) is 0.692. The summed E-state index contributed by atoms with van der Waals surface area (Å²) >= 11 is 1.50. The summed E-state index contributed by atoms with van der Waals surface area (Å²) in [4.78, 5) is 3.38. The fourth-order valence-corrected chi connectivity index (χ4v) is 4.37. The van der Waals surface area contributed by atoms with Crippen LogP contribution < -0.4 is 10.0 Å². The highest BCUT2D eigenvalue weighted by Crippen LogP contribution is 2.24. The molecule has 1 fully saturated rings. The number of thiophene rings is 1. The molecule has 2 rings (SSSR count). The lowest BCUT2D eigenvalue weighted by Crippen LogP contribution is -2.28. The SMILES string of the molecule is CN(C)CCCNS(=O)(=O)c1ccsc1CNC1CC1. The summed E-state index contributed by atoms with van der Waals surface area (Å²) in [5.41, 5.74) is 0. The topological polar surface area (TPSA) is 61.4 Å². The van der Waals surface area contributed by atoms with Crippen molar-refractivity contribution >= 4 is 21.4 Å². The molecular weight excluding hydrogens is 294 g/mol. The van der Waals surface area contributed by atoms with E-state index in [0.29, 0.717) is 24.0 Å². The van der Waals surface area contributed by atoms with Gasteiger partial charge < -0.3 is 10.2 Å². The number of hydrogen-bond acceptors (Lipinski definition) is 5. The first-order valence-corrected chi connectivity index (χ1v) is 9.29. The molecule has 20 heavy (non-hydrogen) atoms. The number of nitrogens with one attached hydrogen (secondary N) is 2. The summed E-state index contributed by atoms with van der Waals surface area (Å²) in [7, 11) is 0.591. The first kappa shape index (κ1) is 15.9.